The third kappa shape index (κ3) is 6.60. The SMILES string of the molecule is Cc1cc(C(=O)N(C)CC2CCCCO2)ccc1-c1cccc(COc2ccc(Cn3oc(=O)[nH]c3=O)cc2)c1. The Bertz CT molecular complexity index is 1580. The molecule has 1 N–H and O–H groups in total. The lowest BCUT2D eigenvalue weighted by Gasteiger charge is -2.27. The third-order valence-electron chi connectivity index (χ3n) is 7.09. The number of ether oxygens (including phenoxy) is 2. The number of benzene rings is 3. The fourth-order valence-corrected chi connectivity index (χ4v) is 4.95. The van der Waals surface area contributed by atoms with E-state index in [1.54, 1.807) is 4.90 Å². The van der Waals surface area contributed by atoms with E-state index in [0.717, 1.165) is 58.4 Å². The van der Waals surface area contributed by atoms with Crippen molar-refractivity contribution in [1.29, 1.82) is 0 Å². The Balaban J connectivity index is 1.20. The molecule has 1 saturated heterocycles. The highest BCUT2D eigenvalue weighted by molar-refractivity contribution is 5.95. The number of hydrogen-bond acceptors (Lipinski definition) is 6. The van der Waals surface area contributed by atoms with Crippen molar-refractivity contribution >= 4 is 5.91 Å². The third-order valence-corrected chi connectivity index (χ3v) is 7.09. The molecule has 208 valence electrons. The monoisotopic (exact) mass is 543 g/mol. The molecule has 0 aliphatic carbocycles. The van der Waals surface area contributed by atoms with Crippen LogP contribution in [0.15, 0.2) is 80.8 Å². The lowest BCUT2D eigenvalue weighted by atomic mass is 9.97. The van der Waals surface area contributed by atoms with Crippen LogP contribution in [-0.2, 0) is 17.9 Å². The quantitative estimate of drug-likeness (QED) is 0.336. The molecule has 1 amide bonds. The summed E-state index contributed by atoms with van der Waals surface area (Å²) in [4.78, 5) is 39.6. The predicted octanol–water partition coefficient (Wildman–Crippen LogP) is 4.37. The van der Waals surface area contributed by atoms with Gasteiger partial charge in [-0.1, -0.05) is 36.4 Å². The summed E-state index contributed by atoms with van der Waals surface area (Å²) >= 11 is 0. The summed E-state index contributed by atoms with van der Waals surface area (Å²) in [7, 11) is 1.84. The Hall–Kier alpha value is -4.37. The van der Waals surface area contributed by atoms with Gasteiger partial charge in [-0.15, -0.1) is 4.74 Å². The first kappa shape index (κ1) is 27.2. The maximum atomic E-state index is 13.0. The summed E-state index contributed by atoms with van der Waals surface area (Å²) in [6.07, 6.45) is 3.36. The number of nitrogens with zero attached hydrogens (tertiary/aromatic N) is 2. The number of carbonyl (C=O) groups excluding carboxylic acids is 1. The number of aromatic nitrogens is 2. The summed E-state index contributed by atoms with van der Waals surface area (Å²) in [5.74, 6) is -0.0969. The second-order valence-corrected chi connectivity index (χ2v) is 10.2. The predicted molar refractivity (Wildman–Crippen MR) is 151 cm³/mol. The minimum atomic E-state index is -0.778. The Morgan fingerprint density at radius 1 is 1.05 bits per heavy atom. The largest absolute Gasteiger partial charge is 0.489 e. The molecule has 0 spiro atoms. The van der Waals surface area contributed by atoms with Crippen molar-refractivity contribution in [2.75, 3.05) is 20.2 Å². The molecule has 9 heteroatoms. The number of aryl methyl sites for hydroxylation is 1. The molecule has 4 aromatic rings. The van der Waals surface area contributed by atoms with Gasteiger partial charge in [0.25, 0.3) is 5.91 Å². The standard InChI is InChI=1S/C31H33N3O6/c1-21-16-25(29(35)33(2)19-27-8-3-4-15-38-27)11-14-28(21)24-7-5-6-23(17-24)20-39-26-12-9-22(10-13-26)18-34-30(36)32-31(37)40-34/h5-7,9-14,16-17,27H,3-4,8,15,18-20H2,1-2H3,(H,32,36,37). The molecule has 1 aliphatic rings. The lowest BCUT2D eigenvalue weighted by molar-refractivity contribution is -0.000187. The van der Waals surface area contributed by atoms with Gasteiger partial charge >= 0.3 is 11.4 Å². The molecule has 0 bridgehead atoms. The first-order valence-corrected chi connectivity index (χ1v) is 13.4. The van der Waals surface area contributed by atoms with Crippen molar-refractivity contribution in [3.05, 3.63) is 110 Å². The van der Waals surface area contributed by atoms with Crippen LogP contribution in [0.1, 0.15) is 46.3 Å². The number of likely N-dealkylation sites (N-methyl/N-ethyl adjacent to an activating group) is 1. The molecule has 1 fully saturated rings. The van der Waals surface area contributed by atoms with Crippen LogP contribution >= 0.6 is 0 Å². The molecular formula is C31H33N3O6. The summed E-state index contributed by atoms with van der Waals surface area (Å²) in [5, 5.41) is 0. The normalized spacial score (nSPS) is 15.1. The van der Waals surface area contributed by atoms with E-state index in [4.69, 9.17) is 14.0 Å². The highest BCUT2D eigenvalue weighted by atomic mass is 16.5. The molecule has 9 nitrogen and oxygen atoms in total. The molecule has 1 unspecified atom stereocenters. The average Bonchev–Trinajstić information content (AvgIpc) is 3.28. The maximum Gasteiger partial charge on any atom is 0.440 e. The Morgan fingerprint density at radius 3 is 2.58 bits per heavy atom. The molecule has 1 aliphatic heterocycles. The number of H-pyrrole nitrogens is 1. The topological polar surface area (TPSA) is 107 Å². The second-order valence-electron chi connectivity index (χ2n) is 10.2. The molecule has 40 heavy (non-hydrogen) atoms. The highest BCUT2D eigenvalue weighted by Crippen LogP contribution is 2.26. The van der Waals surface area contributed by atoms with Crippen molar-refractivity contribution in [3.63, 3.8) is 0 Å². The number of nitrogens with one attached hydrogen (secondary N) is 1. The van der Waals surface area contributed by atoms with Crippen LogP contribution in [0.2, 0.25) is 0 Å². The molecule has 2 heterocycles. The van der Waals surface area contributed by atoms with Gasteiger partial charge in [-0.05, 0) is 84.3 Å². The minimum absolute atomic E-state index is 0.00158. The van der Waals surface area contributed by atoms with Crippen molar-refractivity contribution in [3.8, 4) is 16.9 Å². The van der Waals surface area contributed by atoms with Crippen LogP contribution in [-0.4, -0.2) is 46.8 Å². The van der Waals surface area contributed by atoms with Gasteiger partial charge in [-0.25, -0.2) is 14.6 Å². The van der Waals surface area contributed by atoms with E-state index in [0.29, 0.717) is 24.5 Å². The molecule has 1 atom stereocenters. The number of aromatic amines is 1. The number of rotatable bonds is 9. The molecule has 5 rings (SSSR count). The Morgan fingerprint density at radius 2 is 1.88 bits per heavy atom. The lowest BCUT2D eigenvalue weighted by Crippen LogP contribution is -2.37. The minimum Gasteiger partial charge on any atom is -0.489 e. The zero-order chi connectivity index (χ0) is 28.1. The van der Waals surface area contributed by atoms with Crippen LogP contribution in [0.5, 0.6) is 5.75 Å². The first-order valence-electron chi connectivity index (χ1n) is 13.4. The summed E-state index contributed by atoms with van der Waals surface area (Å²) in [6, 6.07) is 21.2. The van der Waals surface area contributed by atoms with Crippen LogP contribution in [0.4, 0.5) is 0 Å². The van der Waals surface area contributed by atoms with Crippen molar-refractivity contribution in [2.24, 2.45) is 0 Å². The summed E-state index contributed by atoms with van der Waals surface area (Å²) in [5.41, 5.74) is 5.03. The Kier molecular flexibility index (Phi) is 8.31. The van der Waals surface area contributed by atoms with Gasteiger partial charge in [0.1, 0.15) is 12.4 Å². The van der Waals surface area contributed by atoms with Crippen LogP contribution in [0.25, 0.3) is 11.1 Å². The maximum absolute atomic E-state index is 13.0. The van der Waals surface area contributed by atoms with E-state index < -0.39 is 11.4 Å². The van der Waals surface area contributed by atoms with E-state index in [2.05, 4.69) is 17.1 Å². The zero-order valence-corrected chi connectivity index (χ0v) is 22.7. The van der Waals surface area contributed by atoms with Crippen molar-refractivity contribution in [1.82, 2.24) is 14.6 Å². The molecule has 0 saturated carbocycles. The van der Waals surface area contributed by atoms with Gasteiger partial charge in [-0.2, -0.15) is 0 Å². The van der Waals surface area contributed by atoms with E-state index in [-0.39, 0.29) is 18.6 Å². The van der Waals surface area contributed by atoms with Gasteiger partial charge < -0.3 is 18.9 Å². The van der Waals surface area contributed by atoms with Gasteiger partial charge in [0.15, 0.2) is 0 Å². The van der Waals surface area contributed by atoms with E-state index >= 15 is 0 Å². The smallest absolute Gasteiger partial charge is 0.440 e. The Labute approximate surface area is 231 Å². The van der Waals surface area contributed by atoms with Gasteiger partial charge in [0, 0.05) is 25.8 Å². The molecule has 3 aromatic carbocycles. The molecule has 1 aromatic heterocycles. The average molecular weight is 544 g/mol. The van der Waals surface area contributed by atoms with E-state index in [1.807, 2.05) is 68.6 Å². The van der Waals surface area contributed by atoms with Crippen LogP contribution in [0, 0.1) is 6.92 Å². The van der Waals surface area contributed by atoms with E-state index in [9.17, 15) is 14.4 Å². The fraction of sp³-hybridized carbons (Fsp3) is 0.323. The summed E-state index contributed by atoms with van der Waals surface area (Å²) in [6.45, 7) is 3.93. The zero-order valence-electron chi connectivity index (χ0n) is 22.7. The van der Waals surface area contributed by atoms with Gasteiger partial charge in [0.2, 0.25) is 0 Å². The molecular weight excluding hydrogens is 510 g/mol. The van der Waals surface area contributed by atoms with Gasteiger partial charge in [-0.3, -0.25) is 4.79 Å². The number of hydrogen-bond donors (Lipinski definition) is 1. The van der Waals surface area contributed by atoms with Crippen LogP contribution in [0.3, 0.4) is 0 Å². The van der Waals surface area contributed by atoms with Crippen molar-refractivity contribution in [2.45, 2.75) is 45.4 Å². The highest BCUT2D eigenvalue weighted by Gasteiger charge is 2.20. The van der Waals surface area contributed by atoms with Crippen molar-refractivity contribution < 1.29 is 18.8 Å². The fourth-order valence-electron chi connectivity index (χ4n) is 4.95. The second kappa shape index (κ2) is 12.2. The molecule has 0 radical (unpaired) electrons. The first-order chi connectivity index (χ1) is 19.4. The van der Waals surface area contributed by atoms with E-state index in [1.165, 1.54) is 0 Å². The number of amides is 1. The van der Waals surface area contributed by atoms with Crippen LogP contribution < -0.4 is 16.2 Å². The number of carbonyl (C=O) groups is 1. The van der Waals surface area contributed by atoms with Gasteiger partial charge in [0.05, 0.1) is 12.6 Å². The summed E-state index contributed by atoms with van der Waals surface area (Å²) < 4.78 is 17.5.